The molecule has 1 N–H and O–H groups in total. The molecule has 1 aliphatic rings. The van der Waals surface area contributed by atoms with E-state index in [1.54, 1.807) is 13.8 Å². The van der Waals surface area contributed by atoms with E-state index in [1.807, 2.05) is 0 Å². The third-order valence-electron chi connectivity index (χ3n) is 1.97. The molecule has 0 aromatic rings. The fourth-order valence-electron chi connectivity index (χ4n) is 0.900. The Morgan fingerprint density at radius 3 is 2.83 bits per heavy atom. The summed E-state index contributed by atoms with van der Waals surface area (Å²) in [6.07, 6.45) is -0.721. The van der Waals surface area contributed by atoms with E-state index in [2.05, 4.69) is 4.74 Å². The van der Waals surface area contributed by atoms with Crippen molar-refractivity contribution in [2.45, 2.75) is 32.0 Å². The van der Waals surface area contributed by atoms with E-state index in [-0.39, 0.29) is 12.4 Å². The lowest BCUT2D eigenvalue weighted by Crippen LogP contribution is -2.29. The van der Waals surface area contributed by atoms with Crippen molar-refractivity contribution < 1.29 is 19.4 Å². The summed E-state index contributed by atoms with van der Waals surface area (Å²) in [5, 5.41) is 9.42. The van der Waals surface area contributed by atoms with Gasteiger partial charge in [-0.15, -0.1) is 0 Å². The minimum atomic E-state index is -0.739. The van der Waals surface area contributed by atoms with Crippen LogP contribution in [0.15, 0.2) is 0 Å². The van der Waals surface area contributed by atoms with Crippen molar-refractivity contribution in [3.8, 4) is 0 Å². The molecule has 0 saturated carbocycles. The minimum Gasteiger partial charge on any atom is -0.466 e. The topological polar surface area (TPSA) is 59.1 Å². The predicted molar refractivity (Wildman–Crippen MR) is 41.6 cm³/mol. The zero-order chi connectivity index (χ0) is 9.19. The monoisotopic (exact) mass is 174 g/mol. The van der Waals surface area contributed by atoms with Crippen LogP contribution in [0, 0.1) is 0 Å². The van der Waals surface area contributed by atoms with E-state index in [4.69, 9.17) is 4.74 Å². The highest BCUT2D eigenvalue weighted by molar-refractivity contribution is 5.70. The Balaban J connectivity index is 2.26. The van der Waals surface area contributed by atoms with Gasteiger partial charge in [0.05, 0.1) is 25.7 Å². The van der Waals surface area contributed by atoms with Crippen LogP contribution in [-0.2, 0) is 14.3 Å². The van der Waals surface area contributed by atoms with Gasteiger partial charge in [-0.1, -0.05) is 0 Å². The van der Waals surface area contributed by atoms with E-state index >= 15 is 0 Å². The highest BCUT2D eigenvalue weighted by Gasteiger charge is 2.47. The summed E-state index contributed by atoms with van der Waals surface area (Å²) in [7, 11) is 0. The third kappa shape index (κ3) is 2.19. The molecule has 1 unspecified atom stereocenters. The number of carbonyl (C=O) groups excluding carboxylic acids is 1. The second-order valence-corrected chi connectivity index (χ2v) is 3.13. The van der Waals surface area contributed by atoms with Gasteiger partial charge in [-0.25, -0.2) is 0 Å². The summed E-state index contributed by atoms with van der Waals surface area (Å²) in [4.78, 5) is 10.9. The standard InChI is InChI=1S/C8H14O4/c1-3-11-7(10)4-6(9)8(2)5-12-8/h6,9H,3-5H2,1-2H3/t6-,8?/m1/s1. The van der Waals surface area contributed by atoms with E-state index in [9.17, 15) is 9.90 Å². The van der Waals surface area contributed by atoms with Crippen LogP contribution in [0.3, 0.4) is 0 Å². The van der Waals surface area contributed by atoms with Crippen LogP contribution < -0.4 is 0 Å². The molecular formula is C8H14O4. The molecule has 4 heteroatoms. The molecule has 0 aliphatic carbocycles. The van der Waals surface area contributed by atoms with Crippen LogP contribution in [0.2, 0.25) is 0 Å². The van der Waals surface area contributed by atoms with Crippen molar-refractivity contribution in [1.82, 2.24) is 0 Å². The molecule has 1 aliphatic heterocycles. The first kappa shape index (κ1) is 9.48. The zero-order valence-corrected chi connectivity index (χ0v) is 7.37. The van der Waals surface area contributed by atoms with Crippen molar-refractivity contribution in [2.24, 2.45) is 0 Å². The largest absolute Gasteiger partial charge is 0.466 e. The number of esters is 1. The van der Waals surface area contributed by atoms with E-state index in [1.165, 1.54) is 0 Å². The summed E-state index contributed by atoms with van der Waals surface area (Å²) in [6, 6.07) is 0. The lowest BCUT2D eigenvalue weighted by atomic mass is 10.0. The Morgan fingerprint density at radius 2 is 2.42 bits per heavy atom. The molecule has 4 nitrogen and oxygen atoms in total. The molecule has 1 rings (SSSR count). The maximum atomic E-state index is 10.9. The van der Waals surface area contributed by atoms with Gasteiger partial charge >= 0.3 is 5.97 Å². The van der Waals surface area contributed by atoms with Gasteiger partial charge in [0.2, 0.25) is 0 Å². The number of aliphatic hydroxyl groups is 1. The van der Waals surface area contributed by atoms with Crippen LogP contribution in [0.25, 0.3) is 0 Å². The maximum absolute atomic E-state index is 10.9. The van der Waals surface area contributed by atoms with E-state index < -0.39 is 11.7 Å². The first-order chi connectivity index (χ1) is 5.58. The van der Waals surface area contributed by atoms with Gasteiger partial charge in [0.15, 0.2) is 0 Å². The molecule has 1 saturated heterocycles. The number of ether oxygens (including phenoxy) is 2. The van der Waals surface area contributed by atoms with Gasteiger partial charge in [0.1, 0.15) is 5.60 Å². The highest BCUT2D eigenvalue weighted by Crippen LogP contribution is 2.31. The van der Waals surface area contributed by atoms with Crippen LogP contribution in [0.4, 0.5) is 0 Å². The average Bonchev–Trinajstić information content (AvgIpc) is 2.69. The molecule has 0 radical (unpaired) electrons. The first-order valence-electron chi connectivity index (χ1n) is 4.06. The Bertz CT molecular complexity index is 174. The maximum Gasteiger partial charge on any atom is 0.308 e. The molecule has 0 spiro atoms. The van der Waals surface area contributed by atoms with Crippen molar-refractivity contribution in [3.63, 3.8) is 0 Å². The van der Waals surface area contributed by atoms with Crippen LogP contribution in [-0.4, -0.2) is 36.0 Å². The molecule has 70 valence electrons. The fourth-order valence-corrected chi connectivity index (χ4v) is 0.900. The zero-order valence-electron chi connectivity index (χ0n) is 7.37. The quantitative estimate of drug-likeness (QED) is 0.484. The number of hydrogen-bond acceptors (Lipinski definition) is 4. The summed E-state index contributed by atoms with van der Waals surface area (Å²) < 4.78 is 9.66. The summed E-state index contributed by atoms with van der Waals surface area (Å²) in [5.74, 6) is -0.373. The molecule has 12 heavy (non-hydrogen) atoms. The Kier molecular flexibility index (Phi) is 2.69. The van der Waals surface area contributed by atoms with Gasteiger partial charge < -0.3 is 14.6 Å². The first-order valence-corrected chi connectivity index (χ1v) is 4.06. The minimum absolute atomic E-state index is 0.0182. The molecule has 0 amide bonds. The number of hydrogen-bond donors (Lipinski definition) is 1. The van der Waals surface area contributed by atoms with Gasteiger partial charge in [-0.2, -0.15) is 0 Å². The Morgan fingerprint density at radius 1 is 1.83 bits per heavy atom. The van der Waals surface area contributed by atoms with E-state index in [0.717, 1.165) is 0 Å². The molecular weight excluding hydrogens is 160 g/mol. The van der Waals surface area contributed by atoms with Crippen LogP contribution in [0.5, 0.6) is 0 Å². The number of rotatable bonds is 4. The lowest BCUT2D eigenvalue weighted by molar-refractivity contribution is -0.146. The number of aliphatic hydroxyl groups excluding tert-OH is 1. The van der Waals surface area contributed by atoms with Crippen molar-refractivity contribution in [2.75, 3.05) is 13.2 Å². The van der Waals surface area contributed by atoms with Crippen molar-refractivity contribution >= 4 is 5.97 Å². The second kappa shape index (κ2) is 3.41. The van der Waals surface area contributed by atoms with Crippen molar-refractivity contribution in [1.29, 1.82) is 0 Å². The van der Waals surface area contributed by atoms with Crippen molar-refractivity contribution in [3.05, 3.63) is 0 Å². The van der Waals surface area contributed by atoms with Crippen LogP contribution in [0.1, 0.15) is 20.3 Å². The highest BCUT2D eigenvalue weighted by atomic mass is 16.6. The summed E-state index contributed by atoms with van der Waals surface area (Å²) in [5.41, 5.74) is -0.507. The lowest BCUT2D eigenvalue weighted by Gasteiger charge is -2.12. The van der Waals surface area contributed by atoms with Crippen LogP contribution >= 0.6 is 0 Å². The normalized spacial score (nSPS) is 29.6. The summed E-state index contributed by atoms with van der Waals surface area (Å²) >= 11 is 0. The Labute approximate surface area is 71.5 Å². The molecule has 0 bridgehead atoms. The molecule has 2 atom stereocenters. The second-order valence-electron chi connectivity index (χ2n) is 3.13. The summed E-state index contributed by atoms with van der Waals surface area (Å²) in [6.45, 7) is 4.38. The number of epoxide rings is 1. The van der Waals surface area contributed by atoms with Gasteiger partial charge in [-0.3, -0.25) is 4.79 Å². The van der Waals surface area contributed by atoms with Gasteiger partial charge in [0, 0.05) is 0 Å². The smallest absolute Gasteiger partial charge is 0.308 e. The third-order valence-corrected chi connectivity index (χ3v) is 1.97. The van der Waals surface area contributed by atoms with E-state index in [0.29, 0.717) is 13.2 Å². The predicted octanol–water partition coefficient (Wildman–Crippen LogP) is 0.0894. The molecule has 0 aromatic heterocycles. The Hall–Kier alpha value is -0.610. The molecule has 0 aromatic carbocycles. The van der Waals surface area contributed by atoms with Gasteiger partial charge in [0.25, 0.3) is 0 Å². The average molecular weight is 174 g/mol. The molecule has 1 heterocycles. The molecule has 1 fully saturated rings. The fraction of sp³-hybridized carbons (Fsp3) is 0.875. The van der Waals surface area contributed by atoms with Gasteiger partial charge in [-0.05, 0) is 13.8 Å². The SMILES string of the molecule is CCOC(=O)C[C@@H](O)C1(C)CO1. The number of carbonyl (C=O) groups is 1.